The number of rotatable bonds is 5. The van der Waals surface area contributed by atoms with Crippen LogP contribution in [0.1, 0.15) is 25.7 Å². The second-order valence-electron chi connectivity index (χ2n) is 7.79. The zero-order valence-electron chi connectivity index (χ0n) is 17.9. The SMILES string of the molecule is O=C(Cn1cccn1)NC1CCC(C(=O)N2CCN(c3ncccn3)CC2)CC1.O=CO. The van der Waals surface area contributed by atoms with Crippen molar-refractivity contribution in [2.45, 2.75) is 38.3 Å². The molecular weight excluding hydrogens is 414 g/mol. The summed E-state index contributed by atoms with van der Waals surface area (Å²) in [4.78, 5) is 46.1. The van der Waals surface area contributed by atoms with Crippen molar-refractivity contribution in [3.63, 3.8) is 0 Å². The Hall–Kier alpha value is -3.50. The van der Waals surface area contributed by atoms with Crippen molar-refractivity contribution in [2.24, 2.45) is 5.92 Å². The third-order valence-corrected chi connectivity index (χ3v) is 5.73. The van der Waals surface area contributed by atoms with Gasteiger partial charge >= 0.3 is 0 Å². The zero-order chi connectivity index (χ0) is 22.8. The van der Waals surface area contributed by atoms with Crippen LogP contribution >= 0.6 is 0 Å². The van der Waals surface area contributed by atoms with Crippen LogP contribution in [0.2, 0.25) is 0 Å². The topological polar surface area (TPSA) is 134 Å². The average Bonchev–Trinajstić information content (AvgIpc) is 3.33. The summed E-state index contributed by atoms with van der Waals surface area (Å²) in [6.45, 7) is 2.92. The fourth-order valence-electron chi connectivity index (χ4n) is 4.14. The summed E-state index contributed by atoms with van der Waals surface area (Å²) in [5, 5.41) is 14.0. The summed E-state index contributed by atoms with van der Waals surface area (Å²) in [5.74, 6) is 1.02. The number of carbonyl (C=O) groups excluding carboxylic acids is 2. The smallest absolute Gasteiger partial charge is 0.290 e. The maximum atomic E-state index is 12.9. The lowest BCUT2D eigenvalue weighted by molar-refractivity contribution is -0.137. The van der Waals surface area contributed by atoms with Crippen molar-refractivity contribution in [1.82, 2.24) is 30.0 Å². The molecule has 2 N–H and O–H groups in total. The molecular formula is C21H29N7O4. The van der Waals surface area contributed by atoms with Crippen molar-refractivity contribution in [3.8, 4) is 0 Å². The van der Waals surface area contributed by atoms with Gasteiger partial charge in [-0.1, -0.05) is 0 Å². The van der Waals surface area contributed by atoms with Crippen molar-refractivity contribution < 1.29 is 19.5 Å². The van der Waals surface area contributed by atoms with Gasteiger partial charge in [0, 0.05) is 62.9 Å². The predicted octanol–water partition coefficient (Wildman–Crippen LogP) is 0.398. The summed E-state index contributed by atoms with van der Waals surface area (Å²) >= 11 is 0. The van der Waals surface area contributed by atoms with Gasteiger partial charge < -0.3 is 20.2 Å². The highest BCUT2D eigenvalue weighted by Gasteiger charge is 2.31. The number of anilines is 1. The Balaban J connectivity index is 0.000000913. The summed E-state index contributed by atoms with van der Waals surface area (Å²) in [6, 6.07) is 3.75. The number of hydrogen-bond acceptors (Lipinski definition) is 7. The highest BCUT2D eigenvalue weighted by Crippen LogP contribution is 2.26. The standard InChI is InChI=1S/C20H27N7O2.CH2O2/c28-18(15-27-10-2-9-23-27)24-17-5-3-16(4-6-17)19(29)25-11-13-26(14-12-25)20-21-7-1-8-22-20;2-1-3/h1-2,7-10,16-17H,3-6,11-15H2,(H,24,28);1H,(H,2,3). The lowest BCUT2D eigenvalue weighted by atomic mass is 9.85. The van der Waals surface area contributed by atoms with E-state index >= 15 is 0 Å². The number of nitrogens with zero attached hydrogens (tertiary/aromatic N) is 6. The van der Waals surface area contributed by atoms with Gasteiger partial charge in [-0.15, -0.1) is 0 Å². The molecule has 2 fully saturated rings. The molecule has 0 spiro atoms. The van der Waals surface area contributed by atoms with E-state index in [1.54, 1.807) is 41.6 Å². The minimum atomic E-state index is -0.250. The molecule has 0 atom stereocenters. The lowest BCUT2D eigenvalue weighted by Crippen LogP contribution is -2.51. The van der Waals surface area contributed by atoms with Gasteiger partial charge in [-0.05, 0) is 37.8 Å². The molecule has 32 heavy (non-hydrogen) atoms. The average molecular weight is 444 g/mol. The van der Waals surface area contributed by atoms with Gasteiger partial charge in [0.05, 0.1) is 0 Å². The van der Waals surface area contributed by atoms with E-state index in [4.69, 9.17) is 9.90 Å². The lowest BCUT2D eigenvalue weighted by Gasteiger charge is -2.38. The number of hydrogen-bond donors (Lipinski definition) is 2. The van der Waals surface area contributed by atoms with E-state index in [9.17, 15) is 9.59 Å². The van der Waals surface area contributed by atoms with Crippen LogP contribution in [0.25, 0.3) is 0 Å². The Kier molecular flexibility index (Phi) is 8.52. The number of nitrogens with one attached hydrogen (secondary N) is 1. The molecule has 1 aliphatic heterocycles. The highest BCUT2D eigenvalue weighted by atomic mass is 16.3. The second-order valence-corrected chi connectivity index (χ2v) is 7.79. The van der Waals surface area contributed by atoms with Gasteiger partial charge in [-0.3, -0.25) is 19.1 Å². The van der Waals surface area contributed by atoms with Crippen LogP contribution in [0.3, 0.4) is 0 Å². The first-order valence-electron chi connectivity index (χ1n) is 10.8. The van der Waals surface area contributed by atoms with Crippen molar-refractivity contribution in [2.75, 3.05) is 31.1 Å². The summed E-state index contributed by atoms with van der Waals surface area (Å²) in [6.07, 6.45) is 10.3. The van der Waals surface area contributed by atoms with Gasteiger partial charge in [0.15, 0.2) is 0 Å². The fraction of sp³-hybridized carbons (Fsp3) is 0.524. The zero-order valence-corrected chi connectivity index (χ0v) is 17.9. The molecule has 0 aromatic carbocycles. The maximum absolute atomic E-state index is 12.9. The van der Waals surface area contributed by atoms with Crippen molar-refractivity contribution >= 4 is 24.2 Å². The van der Waals surface area contributed by atoms with E-state index in [1.807, 2.05) is 4.90 Å². The molecule has 11 heteroatoms. The molecule has 3 heterocycles. The van der Waals surface area contributed by atoms with Gasteiger partial charge in [0.1, 0.15) is 6.54 Å². The van der Waals surface area contributed by atoms with Crippen molar-refractivity contribution in [1.29, 1.82) is 0 Å². The monoisotopic (exact) mass is 443 g/mol. The molecule has 1 aliphatic carbocycles. The number of piperazine rings is 1. The van der Waals surface area contributed by atoms with Gasteiger partial charge in [0.2, 0.25) is 17.8 Å². The number of amides is 2. The maximum Gasteiger partial charge on any atom is 0.290 e. The van der Waals surface area contributed by atoms with Crippen LogP contribution in [0.4, 0.5) is 5.95 Å². The van der Waals surface area contributed by atoms with Gasteiger partial charge in [-0.2, -0.15) is 5.10 Å². The molecule has 1 saturated carbocycles. The molecule has 0 bridgehead atoms. The molecule has 2 aromatic rings. The third-order valence-electron chi connectivity index (χ3n) is 5.73. The predicted molar refractivity (Wildman–Crippen MR) is 116 cm³/mol. The Bertz CT molecular complexity index is 846. The summed E-state index contributed by atoms with van der Waals surface area (Å²) in [7, 11) is 0. The Morgan fingerprint density at radius 1 is 1.03 bits per heavy atom. The van der Waals surface area contributed by atoms with Gasteiger partial charge in [-0.25, -0.2) is 9.97 Å². The van der Waals surface area contributed by atoms with Crippen LogP contribution < -0.4 is 10.2 Å². The second kappa shape index (κ2) is 11.8. The molecule has 1 saturated heterocycles. The minimum Gasteiger partial charge on any atom is -0.483 e. The highest BCUT2D eigenvalue weighted by molar-refractivity contribution is 5.79. The van der Waals surface area contributed by atoms with Crippen LogP contribution in [0.15, 0.2) is 36.9 Å². The van der Waals surface area contributed by atoms with Crippen molar-refractivity contribution in [3.05, 3.63) is 36.9 Å². The summed E-state index contributed by atoms with van der Waals surface area (Å²) in [5.41, 5.74) is 0. The van der Waals surface area contributed by atoms with Crippen LogP contribution in [-0.4, -0.2) is 80.3 Å². The first-order chi connectivity index (χ1) is 15.6. The molecule has 11 nitrogen and oxygen atoms in total. The van der Waals surface area contributed by atoms with E-state index in [-0.39, 0.29) is 36.8 Å². The Morgan fingerprint density at radius 3 is 2.28 bits per heavy atom. The first kappa shape index (κ1) is 23.2. The van der Waals surface area contributed by atoms with Crippen LogP contribution in [0.5, 0.6) is 0 Å². The molecule has 4 rings (SSSR count). The Labute approximate surface area is 186 Å². The van der Waals surface area contributed by atoms with E-state index in [0.717, 1.165) is 44.7 Å². The number of carboxylic acid groups (broad SMARTS) is 1. The number of carbonyl (C=O) groups is 3. The van der Waals surface area contributed by atoms with E-state index in [2.05, 4.69) is 25.3 Å². The Morgan fingerprint density at radius 2 is 1.69 bits per heavy atom. The first-order valence-corrected chi connectivity index (χ1v) is 10.8. The van der Waals surface area contributed by atoms with Gasteiger partial charge in [0.25, 0.3) is 6.47 Å². The normalized spacial score (nSPS) is 20.6. The molecule has 2 amide bonds. The van der Waals surface area contributed by atoms with E-state index in [1.165, 1.54) is 0 Å². The molecule has 2 aliphatic rings. The minimum absolute atomic E-state index is 0.0253. The quantitative estimate of drug-likeness (QED) is 0.634. The molecule has 0 radical (unpaired) electrons. The molecule has 172 valence electrons. The fourth-order valence-corrected chi connectivity index (χ4v) is 4.14. The van der Waals surface area contributed by atoms with Crippen LogP contribution in [0, 0.1) is 5.92 Å². The summed E-state index contributed by atoms with van der Waals surface area (Å²) < 4.78 is 1.62. The van der Waals surface area contributed by atoms with Crippen LogP contribution in [-0.2, 0) is 20.9 Å². The van der Waals surface area contributed by atoms with E-state index < -0.39 is 0 Å². The molecule has 2 aromatic heterocycles. The van der Waals surface area contributed by atoms with E-state index in [0.29, 0.717) is 13.1 Å². The largest absolute Gasteiger partial charge is 0.483 e. The number of aromatic nitrogens is 4. The molecule has 0 unspecified atom stereocenters. The third kappa shape index (κ3) is 6.50.